The predicted octanol–water partition coefficient (Wildman–Crippen LogP) is 4.75. The van der Waals surface area contributed by atoms with Gasteiger partial charge in [-0.25, -0.2) is 4.98 Å². The first-order chi connectivity index (χ1) is 17.6. The van der Waals surface area contributed by atoms with Crippen molar-refractivity contribution < 1.29 is 9.53 Å². The number of aromatic nitrogens is 2. The number of carbonyl (C=O) groups is 1. The van der Waals surface area contributed by atoms with Crippen molar-refractivity contribution in [2.45, 2.75) is 26.2 Å². The lowest BCUT2D eigenvalue weighted by atomic mass is 9.95. The van der Waals surface area contributed by atoms with Gasteiger partial charge in [0.05, 0.1) is 12.3 Å². The lowest BCUT2D eigenvalue weighted by Crippen LogP contribution is -2.51. The molecule has 0 spiro atoms. The lowest BCUT2D eigenvalue weighted by molar-refractivity contribution is -0.136. The van der Waals surface area contributed by atoms with Gasteiger partial charge in [-0.05, 0) is 49.6 Å². The zero-order valence-corrected chi connectivity index (χ0v) is 22.2. The molecule has 0 radical (unpaired) electrons. The van der Waals surface area contributed by atoms with Crippen LogP contribution in [0.5, 0.6) is 5.75 Å². The molecule has 0 bridgehead atoms. The number of piperidine rings is 1. The molecule has 0 unspecified atom stereocenters. The Kier molecular flexibility index (Phi) is 7.92. The molecule has 7 nitrogen and oxygen atoms in total. The van der Waals surface area contributed by atoms with Crippen molar-refractivity contribution in [3.05, 3.63) is 64.9 Å². The Hall–Kier alpha value is -2.84. The van der Waals surface area contributed by atoms with E-state index < -0.39 is 0 Å². The van der Waals surface area contributed by atoms with Crippen molar-refractivity contribution in [2.75, 3.05) is 55.7 Å². The summed E-state index contributed by atoms with van der Waals surface area (Å²) < 4.78 is 10.4. The standard InChI is InChI=1S/C27H32ClN5O2S/c1-2-35-24-6-4-3-5-23(24)31-15-17-32(18-16-31)26(34)21-11-13-33(14-12-21)27-29-25(30-36-27)19-20-7-9-22(28)10-8-20/h3-10,21H,2,11-19H2,1H3. The van der Waals surface area contributed by atoms with Crippen LogP contribution in [0.15, 0.2) is 48.5 Å². The maximum atomic E-state index is 13.3. The lowest BCUT2D eigenvalue weighted by Gasteiger charge is -2.39. The van der Waals surface area contributed by atoms with Crippen LogP contribution in [0.3, 0.4) is 0 Å². The molecule has 3 aromatic rings. The van der Waals surface area contributed by atoms with E-state index in [1.54, 1.807) is 0 Å². The maximum absolute atomic E-state index is 13.3. The third-order valence-electron chi connectivity index (χ3n) is 6.94. The number of hydrogen-bond donors (Lipinski definition) is 0. The number of hydrogen-bond acceptors (Lipinski definition) is 7. The highest BCUT2D eigenvalue weighted by molar-refractivity contribution is 7.09. The molecule has 190 valence electrons. The number of halogens is 1. The molecule has 5 rings (SSSR count). The van der Waals surface area contributed by atoms with Crippen molar-refractivity contribution in [1.82, 2.24) is 14.3 Å². The summed E-state index contributed by atoms with van der Waals surface area (Å²) in [6.07, 6.45) is 2.42. The molecule has 2 aliphatic rings. The molecular weight excluding hydrogens is 494 g/mol. The quantitative estimate of drug-likeness (QED) is 0.444. The zero-order chi connectivity index (χ0) is 24.9. The van der Waals surface area contributed by atoms with Crippen LogP contribution in [0.2, 0.25) is 5.02 Å². The summed E-state index contributed by atoms with van der Waals surface area (Å²) in [5, 5.41) is 1.68. The van der Waals surface area contributed by atoms with Gasteiger partial charge in [-0.1, -0.05) is 35.9 Å². The molecule has 3 heterocycles. The molecule has 0 N–H and O–H groups in total. The van der Waals surface area contributed by atoms with E-state index in [1.807, 2.05) is 49.4 Å². The van der Waals surface area contributed by atoms with Crippen LogP contribution in [0.25, 0.3) is 0 Å². The van der Waals surface area contributed by atoms with Gasteiger partial charge in [-0.3, -0.25) is 4.79 Å². The first-order valence-electron chi connectivity index (χ1n) is 12.7. The Labute approximate surface area is 221 Å². The van der Waals surface area contributed by atoms with E-state index in [0.29, 0.717) is 18.9 Å². The van der Waals surface area contributed by atoms with Crippen LogP contribution in [-0.4, -0.2) is 66.0 Å². The third kappa shape index (κ3) is 5.76. The summed E-state index contributed by atoms with van der Waals surface area (Å²) in [6.45, 7) is 7.50. The second-order valence-electron chi connectivity index (χ2n) is 9.27. The van der Waals surface area contributed by atoms with Crippen LogP contribution in [0.4, 0.5) is 10.8 Å². The predicted molar refractivity (Wildman–Crippen MR) is 146 cm³/mol. The molecule has 36 heavy (non-hydrogen) atoms. The number of rotatable bonds is 7. The number of ether oxygens (including phenoxy) is 1. The summed E-state index contributed by atoms with van der Waals surface area (Å²) in [5.41, 5.74) is 2.27. The molecule has 1 aromatic heterocycles. The van der Waals surface area contributed by atoms with Crippen molar-refractivity contribution in [3.63, 3.8) is 0 Å². The monoisotopic (exact) mass is 525 g/mol. The molecule has 1 amide bonds. The molecule has 0 saturated carbocycles. The van der Waals surface area contributed by atoms with E-state index in [1.165, 1.54) is 11.5 Å². The van der Waals surface area contributed by atoms with Gasteiger partial charge in [0, 0.05) is 68.2 Å². The first-order valence-corrected chi connectivity index (χ1v) is 13.8. The fraction of sp³-hybridized carbons (Fsp3) is 0.444. The zero-order valence-electron chi connectivity index (χ0n) is 20.6. The van der Waals surface area contributed by atoms with Crippen LogP contribution in [0, 0.1) is 5.92 Å². The number of nitrogens with zero attached hydrogens (tertiary/aromatic N) is 5. The highest BCUT2D eigenvalue weighted by Crippen LogP contribution is 2.30. The summed E-state index contributed by atoms with van der Waals surface area (Å²) >= 11 is 7.43. The van der Waals surface area contributed by atoms with Crippen LogP contribution >= 0.6 is 23.1 Å². The fourth-order valence-corrected chi connectivity index (χ4v) is 5.83. The number of para-hydroxylation sites is 2. The van der Waals surface area contributed by atoms with Crippen molar-refractivity contribution in [2.24, 2.45) is 5.92 Å². The Balaban J connectivity index is 1.11. The van der Waals surface area contributed by atoms with E-state index in [-0.39, 0.29) is 5.92 Å². The minimum Gasteiger partial charge on any atom is -0.492 e. The molecule has 0 aliphatic carbocycles. The Morgan fingerprint density at radius 3 is 2.44 bits per heavy atom. The molecular formula is C27H32ClN5O2S. The summed E-state index contributed by atoms with van der Waals surface area (Å²) in [5.74, 6) is 2.14. The Morgan fingerprint density at radius 2 is 1.72 bits per heavy atom. The van der Waals surface area contributed by atoms with Crippen molar-refractivity contribution >= 4 is 39.9 Å². The van der Waals surface area contributed by atoms with Gasteiger partial charge in [0.2, 0.25) is 11.0 Å². The highest BCUT2D eigenvalue weighted by Gasteiger charge is 2.31. The van der Waals surface area contributed by atoms with Gasteiger partial charge in [0.1, 0.15) is 11.6 Å². The largest absolute Gasteiger partial charge is 0.492 e. The summed E-state index contributed by atoms with van der Waals surface area (Å²) in [6, 6.07) is 16.0. The van der Waals surface area contributed by atoms with E-state index in [2.05, 4.69) is 25.1 Å². The van der Waals surface area contributed by atoms with Crippen molar-refractivity contribution in [1.29, 1.82) is 0 Å². The smallest absolute Gasteiger partial charge is 0.225 e. The number of anilines is 2. The second kappa shape index (κ2) is 11.5. The molecule has 0 atom stereocenters. The van der Waals surface area contributed by atoms with Gasteiger partial charge >= 0.3 is 0 Å². The topological polar surface area (TPSA) is 61.8 Å². The SMILES string of the molecule is CCOc1ccccc1N1CCN(C(=O)C2CCN(c3nc(Cc4ccc(Cl)cc4)ns3)CC2)CC1. The average molecular weight is 526 g/mol. The van der Waals surface area contributed by atoms with Crippen LogP contribution < -0.4 is 14.5 Å². The van der Waals surface area contributed by atoms with Gasteiger partial charge in [0.25, 0.3) is 0 Å². The Bertz CT molecular complexity index is 1150. The van der Waals surface area contributed by atoms with E-state index in [0.717, 1.165) is 85.1 Å². The van der Waals surface area contributed by atoms with E-state index in [9.17, 15) is 4.79 Å². The van der Waals surface area contributed by atoms with Gasteiger partial charge in [0.15, 0.2) is 0 Å². The van der Waals surface area contributed by atoms with Crippen LogP contribution in [0.1, 0.15) is 31.2 Å². The number of amides is 1. The molecule has 9 heteroatoms. The van der Waals surface area contributed by atoms with Gasteiger partial charge in [-0.15, -0.1) is 0 Å². The second-order valence-corrected chi connectivity index (χ2v) is 10.4. The molecule has 2 aliphatic heterocycles. The van der Waals surface area contributed by atoms with E-state index in [4.69, 9.17) is 21.3 Å². The van der Waals surface area contributed by atoms with Gasteiger partial charge in [-0.2, -0.15) is 4.37 Å². The number of piperazine rings is 1. The maximum Gasteiger partial charge on any atom is 0.225 e. The normalized spacial score (nSPS) is 16.9. The third-order valence-corrected chi connectivity index (χ3v) is 8.01. The van der Waals surface area contributed by atoms with E-state index >= 15 is 0 Å². The minimum absolute atomic E-state index is 0.0879. The fourth-order valence-electron chi connectivity index (χ4n) is 4.97. The molecule has 2 fully saturated rings. The Morgan fingerprint density at radius 1 is 1.00 bits per heavy atom. The summed E-state index contributed by atoms with van der Waals surface area (Å²) in [4.78, 5) is 24.7. The number of carbonyl (C=O) groups excluding carboxylic acids is 1. The molecule has 2 aromatic carbocycles. The van der Waals surface area contributed by atoms with Crippen molar-refractivity contribution in [3.8, 4) is 5.75 Å². The summed E-state index contributed by atoms with van der Waals surface area (Å²) in [7, 11) is 0. The molecule has 2 saturated heterocycles. The number of benzene rings is 2. The first kappa shape index (κ1) is 24.8. The van der Waals surface area contributed by atoms with Gasteiger partial charge < -0.3 is 19.4 Å². The van der Waals surface area contributed by atoms with Crippen LogP contribution in [-0.2, 0) is 11.2 Å². The minimum atomic E-state index is 0.0879. The highest BCUT2D eigenvalue weighted by atomic mass is 35.5. The average Bonchev–Trinajstić information content (AvgIpc) is 3.39.